The van der Waals surface area contributed by atoms with Crippen molar-refractivity contribution < 1.29 is 4.79 Å². The first-order valence-corrected chi connectivity index (χ1v) is 8.09. The Kier molecular flexibility index (Phi) is 3.95. The first kappa shape index (κ1) is 15.7. The van der Waals surface area contributed by atoms with E-state index >= 15 is 0 Å². The standard InChI is InChI=1S/C16H23N5O2/c1-16(2,3)21-14-12(9-18-21)15(23)20(11-17-14)10-13(22)19-7-5-4-6-8-19/h9,11H,4-8,10H2,1-3H3. The predicted octanol–water partition coefficient (Wildman–Crippen LogP) is 1.36. The van der Waals surface area contributed by atoms with Crippen LogP contribution in [-0.4, -0.2) is 43.2 Å². The Labute approximate surface area is 134 Å². The quantitative estimate of drug-likeness (QED) is 0.838. The molecule has 3 rings (SSSR count). The van der Waals surface area contributed by atoms with Crippen molar-refractivity contribution in [2.24, 2.45) is 0 Å². The van der Waals surface area contributed by atoms with Crippen LogP contribution in [0, 0.1) is 0 Å². The van der Waals surface area contributed by atoms with Crippen molar-refractivity contribution in [1.29, 1.82) is 0 Å². The fraction of sp³-hybridized carbons (Fsp3) is 0.625. The molecule has 0 unspecified atom stereocenters. The molecule has 7 nitrogen and oxygen atoms in total. The zero-order valence-electron chi connectivity index (χ0n) is 13.9. The fourth-order valence-corrected chi connectivity index (χ4v) is 2.94. The third-order valence-electron chi connectivity index (χ3n) is 4.20. The van der Waals surface area contributed by atoms with Gasteiger partial charge in [-0.25, -0.2) is 9.67 Å². The molecule has 1 aliphatic heterocycles. The van der Waals surface area contributed by atoms with E-state index < -0.39 is 0 Å². The minimum atomic E-state index is -0.253. The molecule has 0 atom stereocenters. The second-order valence-corrected chi connectivity index (χ2v) is 7.08. The van der Waals surface area contributed by atoms with Gasteiger partial charge in [0.25, 0.3) is 5.56 Å². The predicted molar refractivity (Wildman–Crippen MR) is 87.2 cm³/mol. The van der Waals surface area contributed by atoms with Gasteiger partial charge in [-0.05, 0) is 40.0 Å². The van der Waals surface area contributed by atoms with Gasteiger partial charge < -0.3 is 4.90 Å². The van der Waals surface area contributed by atoms with Crippen molar-refractivity contribution in [3.63, 3.8) is 0 Å². The van der Waals surface area contributed by atoms with Crippen molar-refractivity contribution in [1.82, 2.24) is 24.2 Å². The lowest BCUT2D eigenvalue weighted by Crippen LogP contribution is -2.39. The number of hydrogen-bond donors (Lipinski definition) is 0. The van der Waals surface area contributed by atoms with E-state index in [1.807, 2.05) is 25.7 Å². The van der Waals surface area contributed by atoms with Gasteiger partial charge in [-0.1, -0.05) is 0 Å². The van der Waals surface area contributed by atoms with E-state index in [0.717, 1.165) is 25.9 Å². The summed E-state index contributed by atoms with van der Waals surface area (Å²) in [6.45, 7) is 7.63. The maximum absolute atomic E-state index is 12.6. The molecule has 2 aromatic rings. The van der Waals surface area contributed by atoms with Gasteiger partial charge in [0.2, 0.25) is 5.91 Å². The molecule has 1 amide bonds. The van der Waals surface area contributed by atoms with Crippen LogP contribution in [-0.2, 0) is 16.9 Å². The lowest BCUT2D eigenvalue weighted by Gasteiger charge is -2.26. The molecule has 0 N–H and O–H groups in total. The van der Waals surface area contributed by atoms with E-state index in [-0.39, 0.29) is 23.6 Å². The number of likely N-dealkylation sites (tertiary alicyclic amines) is 1. The van der Waals surface area contributed by atoms with Crippen LogP contribution in [0.15, 0.2) is 17.3 Å². The minimum absolute atomic E-state index is 0.0174. The fourth-order valence-electron chi connectivity index (χ4n) is 2.94. The van der Waals surface area contributed by atoms with Gasteiger partial charge in [-0.15, -0.1) is 0 Å². The molecule has 0 aliphatic carbocycles. The highest BCUT2D eigenvalue weighted by Gasteiger charge is 2.21. The van der Waals surface area contributed by atoms with E-state index in [0.29, 0.717) is 11.0 Å². The molecule has 0 spiro atoms. The molecular formula is C16H23N5O2. The average molecular weight is 317 g/mol. The van der Waals surface area contributed by atoms with Crippen molar-refractivity contribution in [2.75, 3.05) is 13.1 Å². The molecule has 3 heterocycles. The molecule has 1 fully saturated rings. The van der Waals surface area contributed by atoms with Crippen LogP contribution in [0.1, 0.15) is 40.0 Å². The molecule has 2 aromatic heterocycles. The zero-order chi connectivity index (χ0) is 16.6. The summed E-state index contributed by atoms with van der Waals surface area (Å²) in [5.41, 5.74) is 0.0943. The number of carbonyl (C=O) groups excluding carboxylic acids is 1. The van der Waals surface area contributed by atoms with Crippen LogP contribution in [0.5, 0.6) is 0 Å². The number of piperidine rings is 1. The first-order valence-electron chi connectivity index (χ1n) is 8.09. The molecule has 0 radical (unpaired) electrons. The van der Waals surface area contributed by atoms with E-state index in [1.165, 1.54) is 23.5 Å². The summed E-state index contributed by atoms with van der Waals surface area (Å²) in [7, 11) is 0. The normalized spacial score (nSPS) is 16.0. The summed E-state index contributed by atoms with van der Waals surface area (Å²) in [6.07, 6.45) is 6.24. The van der Waals surface area contributed by atoms with Gasteiger partial charge in [0.1, 0.15) is 18.3 Å². The van der Waals surface area contributed by atoms with E-state index in [2.05, 4.69) is 10.1 Å². The number of rotatable bonds is 2. The van der Waals surface area contributed by atoms with Gasteiger partial charge in [0.15, 0.2) is 5.65 Å². The molecule has 0 bridgehead atoms. The van der Waals surface area contributed by atoms with Crippen molar-refractivity contribution in [2.45, 2.75) is 52.1 Å². The summed E-state index contributed by atoms with van der Waals surface area (Å²) in [5.74, 6) is -0.0174. The highest BCUT2D eigenvalue weighted by molar-refractivity contribution is 5.77. The summed E-state index contributed by atoms with van der Waals surface area (Å²) in [5, 5.41) is 4.74. The Morgan fingerprint density at radius 3 is 2.57 bits per heavy atom. The third kappa shape index (κ3) is 3.00. The Bertz CT molecular complexity index is 778. The zero-order valence-corrected chi connectivity index (χ0v) is 13.9. The Balaban J connectivity index is 1.89. The smallest absolute Gasteiger partial charge is 0.264 e. The summed E-state index contributed by atoms with van der Waals surface area (Å²) >= 11 is 0. The highest BCUT2D eigenvalue weighted by Crippen LogP contribution is 2.17. The number of hydrogen-bond acceptors (Lipinski definition) is 4. The van der Waals surface area contributed by atoms with Crippen LogP contribution in [0.3, 0.4) is 0 Å². The highest BCUT2D eigenvalue weighted by atomic mass is 16.2. The molecule has 0 aromatic carbocycles. The van der Waals surface area contributed by atoms with Crippen LogP contribution in [0.25, 0.3) is 11.0 Å². The number of fused-ring (bicyclic) bond motifs is 1. The van der Waals surface area contributed by atoms with E-state index in [4.69, 9.17) is 0 Å². The maximum atomic E-state index is 12.6. The van der Waals surface area contributed by atoms with Crippen molar-refractivity contribution in [3.8, 4) is 0 Å². The second-order valence-electron chi connectivity index (χ2n) is 7.08. The van der Waals surface area contributed by atoms with Crippen LogP contribution in [0.4, 0.5) is 0 Å². The first-order chi connectivity index (χ1) is 10.9. The molecule has 124 valence electrons. The summed E-state index contributed by atoms with van der Waals surface area (Å²) in [6, 6.07) is 0. The van der Waals surface area contributed by atoms with Gasteiger partial charge in [0.05, 0.1) is 11.7 Å². The van der Waals surface area contributed by atoms with E-state index in [1.54, 1.807) is 4.68 Å². The molecule has 1 aliphatic rings. The Morgan fingerprint density at radius 1 is 1.22 bits per heavy atom. The van der Waals surface area contributed by atoms with Crippen LogP contribution >= 0.6 is 0 Å². The molecule has 0 saturated carbocycles. The number of aromatic nitrogens is 4. The van der Waals surface area contributed by atoms with Crippen molar-refractivity contribution in [3.05, 3.63) is 22.9 Å². The number of nitrogens with zero attached hydrogens (tertiary/aromatic N) is 5. The van der Waals surface area contributed by atoms with Gasteiger partial charge in [-0.3, -0.25) is 14.2 Å². The van der Waals surface area contributed by atoms with Crippen LogP contribution in [0.2, 0.25) is 0 Å². The second kappa shape index (κ2) is 5.79. The lowest BCUT2D eigenvalue weighted by molar-refractivity contribution is -0.132. The molecule has 1 saturated heterocycles. The Hall–Kier alpha value is -2.18. The minimum Gasteiger partial charge on any atom is -0.341 e. The lowest BCUT2D eigenvalue weighted by atomic mass is 10.1. The van der Waals surface area contributed by atoms with Gasteiger partial charge >= 0.3 is 0 Å². The van der Waals surface area contributed by atoms with E-state index in [9.17, 15) is 9.59 Å². The van der Waals surface area contributed by atoms with Gasteiger partial charge in [-0.2, -0.15) is 5.10 Å². The summed E-state index contributed by atoms with van der Waals surface area (Å²) < 4.78 is 3.12. The van der Waals surface area contributed by atoms with Gasteiger partial charge in [0, 0.05) is 13.1 Å². The largest absolute Gasteiger partial charge is 0.341 e. The monoisotopic (exact) mass is 317 g/mol. The SMILES string of the molecule is CC(C)(C)n1ncc2c(=O)n(CC(=O)N3CCCCC3)cnc21. The molecule has 7 heteroatoms. The average Bonchev–Trinajstić information content (AvgIpc) is 2.96. The topological polar surface area (TPSA) is 73.0 Å². The number of carbonyl (C=O) groups is 1. The molecular weight excluding hydrogens is 294 g/mol. The van der Waals surface area contributed by atoms with Crippen LogP contribution < -0.4 is 5.56 Å². The van der Waals surface area contributed by atoms with Crippen molar-refractivity contribution >= 4 is 16.9 Å². The third-order valence-corrected chi connectivity index (χ3v) is 4.20. The number of amides is 1. The summed E-state index contributed by atoms with van der Waals surface area (Å²) in [4.78, 5) is 31.1. The molecule has 23 heavy (non-hydrogen) atoms. The Morgan fingerprint density at radius 2 is 1.91 bits per heavy atom. The maximum Gasteiger partial charge on any atom is 0.264 e.